The van der Waals surface area contributed by atoms with Crippen molar-refractivity contribution in [3.8, 4) is 0 Å². The monoisotopic (exact) mass is 260 g/mol. The zero-order valence-corrected chi connectivity index (χ0v) is 11.7. The first-order chi connectivity index (χ1) is 7.97. The van der Waals surface area contributed by atoms with Crippen molar-refractivity contribution in [2.24, 2.45) is 5.92 Å². The third-order valence-electron chi connectivity index (χ3n) is 4.17. The topological polar surface area (TPSA) is 40.6 Å². The number of piperazine rings is 1. The molecule has 0 bridgehead atoms. The van der Waals surface area contributed by atoms with Gasteiger partial charge in [0.1, 0.15) is 0 Å². The fraction of sp³-hybridized carbons (Fsp3) is 1.00. The highest BCUT2D eigenvalue weighted by Crippen LogP contribution is 2.28. The number of rotatable bonds is 2. The van der Waals surface area contributed by atoms with Crippen molar-refractivity contribution >= 4 is 10.0 Å². The molecule has 100 valence electrons. The summed E-state index contributed by atoms with van der Waals surface area (Å²) in [6, 6.07) is 0.695. The van der Waals surface area contributed by atoms with E-state index in [1.165, 1.54) is 31.9 Å². The lowest BCUT2D eigenvalue weighted by atomic mass is 9.86. The molecule has 1 saturated carbocycles. The van der Waals surface area contributed by atoms with Crippen LogP contribution in [0.1, 0.15) is 32.6 Å². The highest BCUT2D eigenvalue weighted by atomic mass is 32.2. The molecule has 0 unspecified atom stereocenters. The maximum absolute atomic E-state index is 11.4. The van der Waals surface area contributed by atoms with Crippen LogP contribution in [0.5, 0.6) is 0 Å². The first-order valence-electron chi connectivity index (χ1n) is 6.66. The van der Waals surface area contributed by atoms with Crippen molar-refractivity contribution in [2.45, 2.75) is 38.6 Å². The van der Waals surface area contributed by atoms with E-state index < -0.39 is 10.0 Å². The first kappa shape index (κ1) is 13.3. The molecule has 5 heteroatoms. The van der Waals surface area contributed by atoms with Crippen LogP contribution < -0.4 is 0 Å². The maximum atomic E-state index is 11.4. The normalized spacial score (nSPS) is 33.8. The van der Waals surface area contributed by atoms with Gasteiger partial charge in [-0.15, -0.1) is 0 Å². The van der Waals surface area contributed by atoms with Crippen LogP contribution in [0.4, 0.5) is 0 Å². The second-order valence-electron chi connectivity index (χ2n) is 5.62. The van der Waals surface area contributed by atoms with Crippen molar-refractivity contribution in [1.29, 1.82) is 0 Å². The Hall–Kier alpha value is -0.130. The van der Waals surface area contributed by atoms with E-state index in [1.807, 2.05) is 0 Å². The van der Waals surface area contributed by atoms with Gasteiger partial charge in [0.15, 0.2) is 0 Å². The zero-order valence-electron chi connectivity index (χ0n) is 10.9. The molecule has 4 nitrogen and oxygen atoms in total. The Kier molecular flexibility index (Phi) is 4.10. The van der Waals surface area contributed by atoms with Gasteiger partial charge in [-0.05, 0) is 18.8 Å². The summed E-state index contributed by atoms with van der Waals surface area (Å²) in [4.78, 5) is 2.50. The van der Waals surface area contributed by atoms with Crippen LogP contribution in [0.2, 0.25) is 0 Å². The van der Waals surface area contributed by atoms with E-state index in [0.717, 1.165) is 19.0 Å². The zero-order chi connectivity index (χ0) is 12.5. The van der Waals surface area contributed by atoms with Crippen LogP contribution in [0.25, 0.3) is 0 Å². The number of nitrogens with zero attached hydrogens (tertiary/aromatic N) is 2. The van der Waals surface area contributed by atoms with E-state index >= 15 is 0 Å². The molecule has 0 N–H and O–H groups in total. The van der Waals surface area contributed by atoms with Gasteiger partial charge in [0.05, 0.1) is 6.26 Å². The molecule has 1 heterocycles. The van der Waals surface area contributed by atoms with E-state index in [4.69, 9.17) is 0 Å². The van der Waals surface area contributed by atoms with Crippen LogP contribution >= 0.6 is 0 Å². The summed E-state index contributed by atoms with van der Waals surface area (Å²) in [5.41, 5.74) is 0. The van der Waals surface area contributed by atoms with Gasteiger partial charge < -0.3 is 0 Å². The quantitative estimate of drug-likeness (QED) is 0.747. The lowest BCUT2D eigenvalue weighted by Crippen LogP contribution is -2.52. The largest absolute Gasteiger partial charge is 0.298 e. The number of hydrogen-bond acceptors (Lipinski definition) is 3. The molecule has 2 aliphatic rings. The van der Waals surface area contributed by atoms with E-state index in [9.17, 15) is 8.42 Å². The van der Waals surface area contributed by atoms with Gasteiger partial charge in [-0.3, -0.25) is 4.90 Å². The lowest BCUT2D eigenvalue weighted by molar-refractivity contribution is 0.0969. The van der Waals surface area contributed by atoms with Crippen molar-refractivity contribution < 1.29 is 8.42 Å². The Labute approximate surface area is 105 Å². The summed E-state index contributed by atoms with van der Waals surface area (Å²) < 4.78 is 24.5. The fourth-order valence-electron chi connectivity index (χ4n) is 3.13. The Morgan fingerprint density at radius 2 is 1.71 bits per heavy atom. The van der Waals surface area contributed by atoms with Crippen molar-refractivity contribution in [3.63, 3.8) is 0 Å². The molecular weight excluding hydrogens is 236 g/mol. The van der Waals surface area contributed by atoms with E-state index in [2.05, 4.69) is 11.8 Å². The summed E-state index contributed by atoms with van der Waals surface area (Å²) in [6.45, 7) is 5.49. The van der Waals surface area contributed by atoms with E-state index in [-0.39, 0.29) is 0 Å². The van der Waals surface area contributed by atoms with Crippen LogP contribution in [0.3, 0.4) is 0 Å². The second-order valence-corrected chi connectivity index (χ2v) is 7.61. The number of hydrogen-bond donors (Lipinski definition) is 0. The van der Waals surface area contributed by atoms with Crippen LogP contribution in [-0.2, 0) is 10.0 Å². The average Bonchev–Trinajstić information content (AvgIpc) is 2.28. The average molecular weight is 260 g/mol. The van der Waals surface area contributed by atoms with Crippen LogP contribution in [-0.4, -0.2) is 56.1 Å². The van der Waals surface area contributed by atoms with E-state index in [1.54, 1.807) is 4.31 Å². The second kappa shape index (κ2) is 5.24. The molecule has 0 aromatic rings. The minimum atomic E-state index is -2.98. The van der Waals surface area contributed by atoms with Gasteiger partial charge in [0, 0.05) is 32.2 Å². The standard InChI is InChI=1S/C12H24N2O2S/c1-11-4-3-5-12(10-11)13-6-8-14(9-7-13)17(2,15)16/h11-12H,3-10H2,1-2H3/t11-,12+/m0/s1. The summed E-state index contributed by atoms with van der Waals surface area (Å²) >= 11 is 0. The van der Waals surface area contributed by atoms with Gasteiger partial charge in [-0.2, -0.15) is 4.31 Å². The maximum Gasteiger partial charge on any atom is 0.211 e. The molecule has 1 saturated heterocycles. The Morgan fingerprint density at radius 1 is 1.06 bits per heavy atom. The number of sulfonamides is 1. The predicted molar refractivity (Wildman–Crippen MR) is 69.4 cm³/mol. The van der Waals surface area contributed by atoms with Gasteiger partial charge in [-0.25, -0.2) is 8.42 Å². The molecule has 1 aliphatic heterocycles. The smallest absolute Gasteiger partial charge is 0.211 e. The third-order valence-corrected chi connectivity index (χ3v) is 5.47. The molecular formula is C12H24N2O2S. The highest BCUT2D eigenvalue weighted by molar-refractivity contribution is 7.88. The molecule has 1 aliphatic carbocycles. The summed E-state index contributed by atoms with van der Waals surface area (Å²) in [5, 5.41) is 0. The summed E-state index contributed by atoms with van der Waals surface area (Å²) in [7, 11) is -2.98. The van der Waals surface area contributed by atoms with E-state index in [0.29, 0.717) is 19.1 Å². The van der Waals surface area contributed by atoms with Gasteiger partial charge in [0.2, 0.25) is 10.0 Å². The highest BCUT2D eigenvalue weighted by Gasteiger charge is 2.29. The van der Waals surface area contributed by atoms with Gasteiger partial charge >= 0.3 is 0 Å². The minimum Gasteiger partial charge on any atom is -0.298 e. The fourth-order valence-corrected chi connectivity index (χ4v) is 3.96. The van der Waals surface area contributed by atoms with Crippen LogP contribution in [0.15, 0.2) is 0 Å². The summed E-state index contributed by atoms with van der Waals surface area (Å²) in [6.07, 6.45) is 6.59. The SMILES string of the molecule is C[C@H]1CCC[C@@H](N2CCN(S(C)(=O)=O)CC2)C1. The molecule has 0 amide bonds. The predicted octanol–water partition coefficient (Wildman–Crippen LogP) is 1.14. The summed E-state index contributed by atoms with van der Waals surface area (Å²) in [5.74, 6) is 0.835. The molecule has 2 fully saturated rings. The molecule has 0 aromatic heterocycles. The molecule has 17 heavy (non-hydrogen) atoms. The molecule has 2 atom stereocenters. The Bertz CT molecular complexity index is 348. The molecule has 0 spiro atoms. The van der Waals surface area contributed by atoms with Crippen molar-refractivity contribution in [1.82, 2.24) is 9.21 Å². The lowest BCUT2D eigenvalue weighted by Gasteiger charge is -2.41. The van der Waals surface area contributed by atoms with Gasteiger partial charge in [0.25, 0.3) is 0 Å². The first-order valence-corrected chi connectivity index (χ1v) is 8.51. The van der Waals surface area contributed by atoms with Crippen LogP contribution in [0, 0.1) is 5.92 Å². The Morgan fingerprint density at radius 3 is 2.24 bits per heavy atom. The molecule has 0 radical (unpaired) electrons. The third kappa shape index (κ3) is 3.42. The van der Waals surface area contributed by atoms with Crippen molar-refractivity contribution in [2.75, 3.05) is 32.4 Å². The Balaban J connectivity index is 1.86. The molecule has 0 aromatic carbocycles. The van der Waals surface area contributed by atoms with Crippen molar-refractivity contribution in [3.05, 3.63) is 0 Å². The minimum absolute atomic E-state index is 0.670. The van der Waals surface area contributed by atoms with Gasteiger partial charge in [-0.1, -0.05) is 19.8 Å². The molecule has 2 rings (SSSR count).